The summed E-state index contributed by atoms with van der Waals surface area (Å²) in [4.78, 5) is 4.45. The van der Waals surface area contributed by atoms with Crippen molar-refractivity contribution in [2.45, 2.75) is 46.2 Å². The minimum Gasteiger partial charge on any atom is -0.332 e. The largest absolute Gasteiger partial charge is 0.332 e. The number of hydrogen-bond donors (Lipinski definition) is 1. The molecule has 3 nitrogen and oxygen atoms in total. The molecule has 1 aromatic rings. The van der Waals surface area contributed by atoms with Crippen molar-refractivity contribution >= 4 is 5.57 Å². The molecule has 2 rings (SSSR count). The summed E-state index contributed by atoms with van der Waals surface area (Å²) in [6, 6.07) is 0.167. The van der Waals surface area contributed by atoms with Crippen LogP contribution in [0.3, 0.4) is 0 Å². The highest BCUT2D eigenvalue weighted by Crippen LogP contribution is 2.38. The molecule has 0 aliphatic heterocycles. The van der Waals surface area contributed by atoms with E-state index in [4.69, 9.17) is 5.73 Å². The van der Waals surface area contributed by atoms with E-state index in [2.05, 4.69) is 36.4 Å². The zero-order valence-electron chi connectivity index (χ0n) is 10.4. The maximum atomic E-state index is 6.08. The zero-order valence-corrected chi connectivity index (χ0v) is 10.4. The maximum absolute atomic E-state index is 6.08. The Bertz CT molecular complexity index is 401. The van der Waals surface area contributed by atoms with Gasteiger partial charge in [0.2, 0.25) is 0 Å². The van der Waals surface area contributed by atoms with E-state index in [1.54, 1.807) is 0 Å². The summed E-state index contributed by atoms with van der Waals surface area (Å²) in [6.45, 7) is 7.65. The molecule has 0 spiro atoms. The summed E-state index contributed by atoms with van der Waals surface area (Å²) in [5, 5.41) is 0. The smallest absolute Gasteiger partial charge is 0.135 e. The van der Waals surface area contributed by atoms with E-state index >= 15 is 0 Å². The molecule has 0 radical (unpaired) electrons. The van der Waals surface area contributed by atoms with Crippen LogP contribution in [0.1, 0.15) is 39.4 Å². The molecule has 3 heteroatoms. The molecule has 0 aromatic carbocycles. The Morgan fingerprint density at radius 1 is 1.56 bits per heavy atom. The molecule has 0 saturated carbocycles. The van der Waals surface area contributed by atoms with E-state index in [1.165, 1.54) is 5.57 Å². The van der Waals surface area contributed by atoms with Crippen LogP contribution in [0.4, 0.5) is 0 Å². The monoisotopic (exact) mass is 219 g/mol. The molecule has 1 atom stereocenters. The van der Waals surface area contributed by atoms with Gasteiger partial charge in [-0.3, -0.25) is 0 Å². The lowest BCUT2D eigenvalue weighted by Crippen LogP contribution is -2.31. The highest BCUT2D eigenvalue weighted by molar-refractivity contribution is 5.62. The van der Waals surface area contributed by atoms with E-state index in [1.807, 2.05) is 12.4 Å². The minimum absolute atomic E-state index is 0.167. The Balaban J connectivity index is 2.34. The van der Waals surface area contributed by atoms with Gasteiger partial charge in [-0.2, -0.15) is 0 Å². The van der Waals surface area contributed by atoms with Crippen LogP contribution in [0, 0.1) is 5.41 Å². The topological polar surface area (TPSA) is 43.8 Å². The second-order valence-corrected chi connectivity index (χ2v) is 5.44. The van der Waals surface area contributed by atoms with Gasteiger partial charge in [0, 0.05) is 25.0 Å². The summed E-state index contributed by atoms with van der Waals surface area (Å²) < 4.78 is 2.18. The number of imidazole rings is 1. The van der Waals surface area contributed by atoms with Gasteiger partial charge in [0.15, 0.2) is 0 Å². The number of rotatable bonds is 2. The first-order valence-electron chi connectivity index (χ1n) is 5.99. The average Bonchev–Trinajstić information content (AvgIpc) is 2.61. The summed E-state index contributed by atoms with van der Waals surface area (Å²) in [5.41, 5.74) is 7.67. The van der Waals surface area contributed by atoms with Crippen molar-refractivity contribution in [1.29, 1.82) is 0 Å². The first-order valence-corrected chi connectivity index (χ1v) is 5.99. The van der Waals surface area contributed by atoms with Gasteiger partial charge >= 0.3 is 0 Å². The van der Waals surface area contributed by atoms with E-state index in [0.717, 1.165) is 25.2 Å². The molecule has 88 valence electrons. The second kappa shape index (κ2) is 4.06. The van der Waals surface area contributed by atoms with Crippen molar-refractivity contribution in [3.63, 3.8) is 0 Å². The van der Waals surface area contributed by atoms with Crippen LogP contribution in [-0.4, -0.2) is 15.6 Å². The van der Waals surface area contributed by atoms with Crippen molar-refractivity contribution in [3.05, 3.63) is 24.3 Å². The summed E-state index contributed by atoms with van der Waals surface area (Å²) in [5.74, 6) is 1.09. The molecule has 1 aliphatic rings. The Hall–Kier alpha value is -1.09. The lowest BCUT2D eigenvalue weighted by Gasteiger charge is -2.33. The quantitative estimate of drug-likeness (QED) is 0.830. The van der Waals surface area contributed by atoms with E-state index in [0.29, 0.717) is 0 Å². The van der Waals surface area contributed by atoms with Crippen LogP contribution in [0.15, 0.2) is 18.5 Å². The molecule has 1 unspecified atom stereocenters. The van der Waals surface area contributed by atoms with E-state index in [-0.39, 0.29) is 11.5 Å². The number of aromatic nitrogens is 2. The Morgan fingerprint density at radius 2 is 2.31 bits per heavy atom. The number of nitrogens with two attached hydrogens (primary N) is 1. The first kappa shape index (κ1) is 11.4. The second-order valence-electron chi connectivity index (χ2n) is 5.44. The molecule has 0 bridgehead atoms. The van der Waals surface area contributed by atoms with Crippen LogP contribution in [0.2, 0.25) is 0 Å². The number of nitrogens with zero attached hydrogens (tertiary/aromatic N) is 2. The lowest BCUT2D eigenvalue weighted by molar-refractivity contribution is 0.317. The van der Waals surface area contributed by atoms with Gasteiger partial charge in [-0.15, -0.1) is 0 Å². The molecule has 1 aromatic heterocycles. The molecule has 1 heterocycles. The van der Waals surface area contributed by atoms with E-state index in [9.17, 15) is 0 Å². The van der Waals surface area contributed by atoms with E-state index < -0.39 is 0 Å². The predicted molar refractivity (Wildman–Crippen MR) is 66.9 cm³/mol. The molecule has 2 N–H and O–H groups in total. The SMILES string of the molecule is CCn1ccnc1C1=CC(N)CC(C)(C)C1. The number of aryl methyl sites for hydroxylation is 1. The van der Waals surface area contributed by atoms with Crippen molar-refractivity contribution in [1.82, 2.24) is 9.55 Å². The average molecular weight is 219 g/mol. The third-order valence-electron chi connectivity index (χ3n) is 3.22. The molecular formula is C13H21N3. The standard InChI is InChI=1S/C13H21N3/c1-4-16-6-5-15-12(16)10-7-11(14)9-13(2,3)8-10/h5-7,11H,4,8-9,14H2,1-3H3. The fourth-order valence-corrected chi connectivity index (χ4v) is 2.61. The van der Waals surface area contributed by atoms with Crippen LogP contribution in [0.25, 0.3) is 5.57 Å². The van der Waals surface area contributed by atoms with Gasteiger partial charge in [-0.1, -0.05) is 19.9 Å². The maximum Gasteiger partial charge on any atom is 0.135 e. The first-order chi connectivity index (χ1) is 7.52. The fourth-order valence-electron chi connectivity index (χ4n) is 2.61. The Labute approximate surface area is 97.4 Å². The lowest BCUT2D eigenvalue weighted by atomic mass is 9.75. The van der Waals surface area contributed by atoms with Crippen LogP contribution < -0.4 is 5.73 Å². The van der Waals surface area contributed by atoms with Crippen molar-refractivity contribution in [2.24, 2.45) is 11.1 Å². The highest BCUT2D eigenvalue weighted by atomic mass is 15.1. The van der Waals surface area contributed by atoms with Crippen LogP contribution in [-0.2, 0) is 6.54 Å². The molecular weight excluding hydrogens is 198 g/mol. The highest BCUT2D eigenvalue weighted by Gasteiger charge is 2.28. The van der Waals surface area contributed by atoms with Crippen molar-refractivity contribution < 1.29 is 0 Å². The van der Waals surface area contributed by atoms with Gasteiger partial charge in [-0.05, 0) is 30.8 Å². The molecule has 1 aliphatic carbocycles. The third kappa shape index (κ3) is 2.19. The number of hydrogen-bond acceptors (Lipinski definition) is 2. The molecule has 16 heavy (non-hydrogen) atoms. The Morgan fingerprint density at radius 3 is 2.94 bits per heavy atom. The summed E-state index contributed by atoms with van der Waals surface area (Å²) in [7, 11) is 0. The Kier molecular flexibility index (Phi) is 2.89. The van der Waals surface area contributed by atoms with Gasteiger partial charge in [0.05, 0.1) is 0 Å². The molecule has 0 saturated heterocycles. The molecule has 0 amide bonds. The minimum atomic E-state index is 0.167. The van der Waals surface area contributed by atoms with Crippen LogP contribution >= 0.6 is 0 Å². The zero-order chi connectivity index (χ0) is 11.8. The summed E-state index contributed by atoms with van der Waals surface area (Å²) >= 11 is 0. The van der Waals surface area contributed by atoms with Crippen molar-refractivity contribution in [2.75, 3.05) is 0 Å². The predicted octanol–water partition coefficient (Wildman–Crippen LogP) is 2.43. The van der Waals surface area contributed by atoms with Gasteiger partial charge < -0.3 is 10.3 Å². The third-order valence-corrected chi connectivity index (χ3v) is 3.22. The fraction of sp³-hybridized carbons (Fsp3) is 0.615. The van der Waals surface area contributed by atoms with Gasteiger partial charge in [0.1, 0.15) is 5.82 Å². The molecule has 0 fully saturated rings. The normalized spacial score (nSPS) is 24.2. The van der Waals surface area contributed by atoms with Gasteiger partial charge in [0.25, 0.3) is 0 Å². The number of allylic oxidation sites excluding steroid dienone is 1. The van der Waals surface area contributed by atoms with Crippen LogP contribution in [0.5, 0.6) is 0 Å². The van der Waals surface area contributed by atoms with Crippen molar-refractivity contribution in [3.8, 4) is 0 Å². The van der Waals surface area contributed by atoms with Gasteiger partial charge in [-0.25, -0.2) is 4.98 Å². The summed E-state index contributed by atoms with van der Waals surface area (Å²) in [6.07, 6.45) is 8.21.